The zero-order valence-corrected chi connectivity index (χ0v) is 14.7. The number of nitrogens with one attached hydrogen (secondary N) is 1. The van der Waals surface area contributed by atoms with Gasteiger partial charge in [0.1, 0.15) is 11.9 Å². The van der Waals surface area contributed by atoms with Crippen molar-refractivity contribution in [1.82, 2.24) is 14.8 Å². The van der Waals surface area contributed by atoms with Gasteiger partial charge in [0.15, 0.2) is 0 Å². The van der Waals surface area contributed by atoms with Crippen molar-refractivity contribution in [2.45, 2.75) is 19.5 Å². The zero-order chi connectivity index (χ0) is 17.8. The van der Waals surface area contributed by atoms with Crippen LogP contribution in [0.1, 0.15) is 23.0 Å². The molecule has 0 spiro atoms. The molecule has 0 saturated carbocycles. The molecule has 1 atom stereocenters. The number of hydrogen-bond donors (Lipinski definition) is 1. The van der Waals surface area contributed by atoms with Crippen LogP contribution in [0.4, 0.5) is 4.39 Å². The van der Waals surface area contributed by atoms with Gasteiger partial charge in [-0.25, -0.2) is 4.39 Å². The molecular formula is C19H24FN3O2. The molecule has 3 rings (SSSR count). The van der Waals surface area contributed by atoms with E-state index in [1.807, 2.05) is 35.6 Å². The number of carbonyl (C=O) groups is 1. The van der Waals surface area contributed by atoms with Crippen LogP contribution >= 0.6 is 0 Å². The molecule has 134 valence electrons. The van der Waals surface area contributed by atoms with E-state index in [-0.39, 0.29) is 11.7 Å². The number of nitrogens with zero attached hydrogens (tertiary/aromatic N) is 2. The van der Waals surface area contributed by atoms with Crippen molar-refractivity contribution in [3.8, 4) is 0 Å². The highest BCUT2D eigenvalue weighted by molar-refractivity contribution is 5.83. The number of hydrogen-bond acceptors (Lipinski definition) is 3. The molecule has 0 aliphatic carbocycles. The van der Waals surface area contributed by atoms with Gasteiger partial charge in [0.25, 0.3) is 0 Å². The van der Waals surface area contributed by atoms with Gasteiger partial charge >= 0.3 is 0 Å². The molecule has 0 radical (unpaired) electrons. The molecule has 2 aromatic rings. The van der Waals surface area contributed by atoms with Gasteiger partial charge in [0.05, 0.1) is 19.8 Å². The van der Waals surface area contributed by atoms with Crippen molar-refractivity contribution in [1.29, 1.82) is 0 Å². The lowest BCUT2D eigenvalue weighted by Crippen LogP contribution is -2.45. The Morgan fingerprint density at radius 3 is 2.68 bits per heavy atom. The molecule has 5 nitrogen and oxygen atoms in total. The van der Waals surface area contributed by atoms with Crippen molar-refractivity contribution in [3.05, 3.63) is 59.2 Å². The minimum atomic E-state index is -0.513. The minimum Gasteiger partial charge on any atom is -0.379 e. The monoisotopic (exact) mass is 345 g/mol. The van der Waals surface area contributed by atoms with Crippen LogP contribution < -0.4 is 5.32 Å². The van der Waals surface area contributed by atoms with Crippen LogP contribution in [-0.4, -0.2) is 41.7 Å². The second kappa shape index (κ2) is 7.80. The quantitative estimate of drug-likeness (QED) is 0.903. The van der Waals surface area contributed by atoms with Gasteiger partial charge in [-0.15, -0.1) is 0 Å². The van der Waals surface area contributed by atoms with Gasteiger partial charge in [-0.2, -0.15) is 0 Å². The van der Waals surface area contributed by atoms with Gasteiger partial charge in [-0.3, -0.25) is 9.69 Å². The molecule has 0 unspecified atom stereocenters. The summed E-state index contributed by atoms with van der Waals surface area (Å²) >= 11 is 0. The molecule has 1 aliphatic rings. The Hall–Kier alpha value is -2.18. The van der Waals surface area contributed by atoms with E-state index in [2.05, 4.69) is 5.32 Å². The number of aryl methyl sites for hydroxylation is 1. The van der Waals surface area contributed by atoms with E-state index >= 15 is 0 Å². The van der Waals surface area contributed by atoms with Crippen molar-refractivity contribution in [3.63, 3.8) is 0 Å². The molecule has 1 aliphatic heterocycles. The Bertz CT molecular complexity index is 738. The number of ether oxygens (including phenoxy) is 1. The Morgan fingerprint density at radius 2 is 2.04 bits per heavy atom. The molecule has 2 heterocycles. The molecular weight excluding hydrogens is 321 g/mol. The summed E-state index contributed by atoms with van der Waals surface area (Å²) in [6.45, 7) is 4.93. The smallest absolute Gasteiger partial charge is 0.242 e. The van der Waals surface area contributed by atoms with E-state index in [9.17, 15) is 9.18 Å². The van der Waals surface area contributed by atoms with E-state index in [4.69, 9.17) is 4.74 Å². The van der Waals surface area contributed by atoms with E-state index in [0.29, 0.717) is 38.4 Å². The molecule has 25 heavy (non-hydrogen) atoms. The largest absolute Gasteiger partial charge is 0.379 e. The zero-order valence-electron chi connectivity index (χ0n) is 14.7. The lowest BCUT2D eigenvalue weighted by Gasteiger charge is -2.33. The fourth-order valence-electron chi connectivity index (χ4n) is 3.16. The first-order valence-electron chi connectivity index (χ1n) is 8.52. The van der Waals surface area contributed by atoms with Gasteiger partial charge < -0.3 is 14.6 Å². The Labute approximate surface area is 147 Å². The second-order valence-corrected chi connectivity index (χ2v) is 6.35. The first kappa shape index (κ1) is 17.6. The number of amides is 1. The first-order valence-corrected chi connectivity index (χ1v) is 8.52. The number of carbonyl (C=O) groups excluding carboxylic acids is 1. The van der Waals surface area contributed by atoms with Gasteiger partial charge in [0.2, 0.25) is 5.91 Å². The molecule has 6 heteroatoms. The third kappa shape index (κ3) is 4.08. The molecule has 1 saturated heterocycles. The van der Waals surface area contributed by atoms with Crippen LogP contribution in [0.5, 0.6) is 0 Å². The summed E-state index contributed by atoms with van der Waals surface area (Å²) in [5, 5.41) is 3.00. The summed E-state index contributed by atoms with van der Waals surface area (Å²) in [7, 11) is 1.98. The molecule has 1 N–H and O–H groups in total. The second-order valence-electron chi connectivity index (χ2n) is 6.35. The average molecular weight is 345 g/mol. The van der Waals surface area contributed by atoms with Crippen LogP contribution in [0.15, 0.2) is 36.4 Å². The number of benzene rings is 1. The predicted molar refractivity (Wildman–Crippen MR) is 93.5 cm³/mol. The highest BCUT2D eigenvalue weighted by Crippen LogP contribution is 2.23. The van der Waals surface area contributed by atoms with Gasteiger partial charge in [-0.1, -0.05) is 12.1 Å². The van der Waals surface area contributed by atoms with Crippen molar-refractivity contribution < 1.29 is 13.9 Å². The maximum Gasteiger partial charge on any atom is 0.242 e. The normalized spacial score (nSPS) is 16.6. The third-order valence-electron chi connectivity index (χ3n) is 4.74. The Kier molecular flexibility index (Phi) is 5.50. The summed E-state index contributed by atoms with van der Waals surface area (Å²) in [5.41, 5.74) is 2.84. The summed E-state index contributed by atoms with van der Waals surface area (Å²) in [5.74, 6) is -0.451. The molecule has 0 bridgehead atoms. The Morgan fingerprint density at radius 1 is 1.28 bits per heavy atom. The number of aromatic nitrogens is 1. The van der Waals surface area contributed by atoms with E-state index in [1.54, 1.807) is 12.1 Å². The summed E-state index contributed by atoms with van der Waals surface area (Å²) in [4.78, 5) is 15.0. The fraction of sp³-hybridized carbons (Fsp3) is 0.421. The molecule has 1 amide bonds. The Balaban J connectivity index is 1.78. The molecule has 1 aromatic carbocycles. The standard InChI is InChI=1S/C19H24FN3O2/c1-14-6-7-17(22(14)2)13-21-19(24)18(23-8-10-25-11-9-23)15-4-3-5-16(20)12-15/h3-7,12,18H,8-11,13H2,1-2H3,(H,21,24)/t18-/m1/s1. The first-order chi connectivity index (χ1) is 12.1. The average Bonchev–Trinajstić information content (AvgIpc) is 2.93. The lowest BCUT2D eigenvalue weighted by molar-refractivity contribution is -0.128. The highest BCUT2D eigenvalue weighted by Gasteiger charge is 2.29. The number of halogens is 1. The third-order valence-corrected chi connectivity index (χ3v) is 4.74. The number of morpholine rings is 1. The van der Waals surface area contributed by atoms with Crippen LogP contribution in [0.2, 0.25) is 0 Å². The summed E-state index contributed by atoms with van der Waals surface area (Å²) in [6.07, 6.45) is 0. The van der Waals surface area contributed by atoms with Crippen LogP contribution in [0, 0.1) is 12.7 Å². The van der Waals surface area contributed by atoms with Gasteiger partial charge in [0, 0.05) is 31.5 Å². The van der Waals surface area contributed by atoms with Crippen LogP contribution in [0.3, 0.4) is 0 Å². The molecule has 1 aromatic heterocycles. The van der Waals surface area contributed by atoms with Crippen LogP contribution in [-0.2, 0) is 23.1 Å². The predicted octanol–water partition coefficient (Wildman–Crippen LogP) is 2.16. The van der Waals surface area contributed by atoms with E-state index < -0.39 is 6.04 Å². The summed E-state index contributed by atoms with van der Waals surface area (Å²) < 4.78 is 21.1. The summed E-state index contributed by atoms with van der Waals surface area (Å²) in [6, 6.07) is 9.79. The van der Waals surface area contributed by atoms with Crippen molar-refractivity contribution in [2.75, 3.05) is 26.3 Å². The minimum absolute atomic E-state index is 0.119. The SMILES string of the molecule is Cc1ccc(CNC(=O)[C@@H](c2cccc(F)c2)N2CCOCC2)n1C. The van der Waals surface area contributed by atoms with E-state index in [1.165, 1.54) is 12.1 Å². The topological polar surface area (TPSA) is 46.5 Å². The molecule has 1 fully saturated rings. The number of rotatable bonds is 5. The van der Waals surface area contributed by atoms with Crippen molar-refractivity contribution >= 4 is 5.91 Å². The van der Waals surface area contributed by atoms with Crippen molar-refractivity contribution in [2.24, 2.45) is 7.05 Å². The highest BCUT2D eigenvalue weighted by atomic mass is 19.1. The fourth-order valence-corrected chi connectivity index (χ4v) is 3.16. The maximum absolute atomic E-state index is 13.7. The lowest BCUT2D eigenvalue weighted by atomic mass is 10.0. The van der Waals surface area contributed by atoms with Gasteiger partial charge in [-0.05, 0) is 36.8 Å². The van der Waals surface area contributed by atoms with Crippen LogP contribution in [0.25, 0.3) is 0 Å². The maximum atomic E-state index is 13.7. The van der Waals surface area contributed by atoms with E-state index in [0.717, 1.165) is 11.4 Å².